The molecular weight excluding hydrogens is 286 g/mol. The number of hydrogen-bond donors (Lipinski definition) is 2. The molecule has 1 saturated heterocycles. The minimum atomic E-state index is 0.704. The number of thioether (sulfide) groups is 1. The predicted octanol–water partition coefficient (Wildman–Crippen LogP) is 3.12. The topological polar surface area (TPSA) is 50.9 Å². The number of nitrogen functional groups attached to an aromatic ring is 1. The van der Waals surface area contributed by atoms with E-state index in [2.05, 4.69) is 38.0 Å². The van der Waals surface area contributed by atoms with Gasteiger partial charge in [0.25, 0.3) is 0 Å². The van der Waals surface area contributed by atoms with Gasteiger partial charge in [0.1, 0.15) is 0 Å². The Morgan fingerprint density at radius 2 is 2.38 bits per heavy atom. The van der Waals surface area contributed by atoms with Crippen LogP contribution in [0.2, 0.25) is 0 Å². The third kappa shape index (κ3) is 3.04. The van der Waals surface area contributed by atoms with Crippen LogP contribution in [-0.2, 0) is 0 Å². The van der Waals surface area contributed by atoms with E-state index < -0.39 is 0 Å². The van der Waals surface area contributed by atoms with Crippen LogP contribution in [0.3, 0.4) is 0 Å². The number of hydrogen-bond acceptors (Lipinski definition) is 4. The van der Waals surface area contributed by atoms with Gasteiger partial charge in [-0.3, -0.25) is 4.98 Å². The van der Waals surface area contributed by atoms with Crippen LogP contribution >= 0.6 is 27.7 Å². The fraction of sp³-hybridized carbons (Fsp3) is 0.545. The summed E-state index contributed by atoms with van der Waals surface area (Å²) in [4.78, 5) is 4.02. The minimum absolute atomic E-state index is 0.704. The quantitative estimate of drug-likeness (QED) is 0.900. The Bertz CT molecular complexity index is 333. The Hall–Kier alpha value is -0.420. The molecule has 3 N–H and O–H groups in total. The summed E-state index contributed by atoms with van der Waals surface area (Å²) in [6.45, 7) is 0.984. The van der Waals surface area contributed by atoms with Crippen molar-refractivity contribution >= 4 is 39.1 Å². The fourth-order valence-corrected chi connectivity index (χ4v) is 3.55. The smallest absolute Gasteiger partial charge is 0.0750 e. The third-order valence-corrected chi connectivity index (χ3v) is 4.71. The van der Waals surface area contributed by atoms with Crippen molar-refractivity contribution in [1.82, 2.24) is 4.98 Å². The van der Waals surface area contributed by atoms with Gasteiger partial charge in [0.2, 0.25) is 0 Å². The molecule has 0 bridgehead atoms. The molecule has 1 aliphatic heterocycles. The minimum Gasteiger partial charge on any atom is -0.396 e. The molecule has 1 atom stereocenters. The van der Waals surface area contributed by atoms with E-state index in [0.29, 0.717) is 10.9 Å². The van der Waals surface area contributed by atoms with Crippen LogP contribution in [0.25, 0.3) is 0 Å². The number of rotatable bonds is 3. The highest BCUT2D eigenvalue weighted by Gasteiger charge is 2.14. The first kappa shape index (κ1) is 12.0. The molecule has 1 aromatic heterocycles. The van der Waals surface area contributed by atoms with Gasteiger partial charge in [0, 0.05) is 18.0 Å². The molecule has 5 heteroatoms. The van der Waals surface area contributed by atoms with Crippen molar-refractivity contribution < 1.29 is 0 Å². The number of anilines is 2. The molecule has 88 valence electrons. The second-order valence-corrected chi connectivity index (χ2v) is 6.22. The van der Waals surface area contributed by atoms with Crippen molar-refractivity contribution in [3.05, 3.63) is 16.9 Å². The van der Waals surface area contributed by atoms with Crippen LogP contribution in [0.4, 0.5) is 11.4 Å². The van der Waals surface area contributed by atoms with Crippen LogP contribution in [-0.4, -0.2) is 22.5 Å². The maximum Gasteiger partial charge on any atom is 0.0750 e. The molecule has 1 unspecified atom stereocenters. The number of nitrogens with two attached hydrogens (primary N) is 1. The average Bonchev–Trinajstić information content (AvgIpc) is 2.30. The summed E-state index contributed by atoms with van der Waals surface area (Å²) in [5, 5.41) is 4.13. The lowest BCUT2D eigenvalue weighted by Gasteiger charge is -2.22. The summed E-state index contributed by atoms with van der Waals surface area (Å²) >= 11 is 5.52. The Kier molecular flexibility index (Phi) is 4.35. The SMILES string of the molecule is Nc1cncc(Br)c1NCC1CCCCS1. The molecule has 16 heavy (non-hydrogen) atoms. The lowest BCUT2D eigenvalue weighted by molar-refractivity contribution is 0.677. The summed E-state index contributed by atoms with van der Waals surface area (Å²) in [6, 6.07) is 0. The predicted molar refractivity (Wildman–Crippen MR) is 74.9 cm³/mol. The lowest BCUT2D eigenvalue weighted by Crippen LogP contribution is -2.20. The number of nitrogens with zero attached hydrogens (tertiary/aromatic N) is 1. The third-order valence-electron chi connectivity index (χ3n) is 2.71. The zero-order valence-electron chi connectivity index (χ0n) is 9.08. The van der Waals surface area contributed by atoms with E-state index >= 15 is 0 Å². The Morgan fingerprint density at radius 3 is 3.06 bits per heavy atom. The molecule has 0 aliphatic carbocycles. The standard InChI is InChI=1S/C11H16BrN3S/c12-9-6-14-7-10(13)11(9)15-5-8-3-1-2-4-16-8/h6-8H,1-5,13H2,(H,14,15). The van der Waals surface area contributed by atoms with E-state index in [1.807, 2.05) is 0 Å². The van der Waals surface area contributed by atoms with Gasteiger partial charge in [-0.05, 0) is 34.5 Å². The zero-order chi connectivity index (χ0) is 11.4. The van der Waals surface area contributed by atoms with E-state index in [1.165, 1.54) is 25.0 Å². The Morgan fingerprint density at radius 1 is 1.50 bits per heavy atom. The largest absolute Gasteiger partial charge is 0.396 e. The van der Waals surface area contributed by atoms with Gasteiger partial charge in [-0.15, -0.1) is 0 Å². The molecule has 0 saturated carbocycles. The highest BCUT2D eigenvalue weighted by molar-refractivity contribution is 9.10. The van der Waals surface area contributed by atoms with Gasteiger partial charge in [-0.25, -0.2) is 0 Å². The van der Waals surface area contributed by atoms with Crippen molar-refractivity contribution in [3.63, 3.8) is 0 Å². The fourth-order valence-electron chi connectivity index (χ4n) is 1.82. The molecule has 0 spiro atoms. The van der Waals surface area contributed by atoms with E-state index in [4.69, 9.17) is 5.73 Å². The normalized spacial score (nSPS) is 20.7. The average molecular weight is 302 g/mol. The molecule has 1 aromatic rings. The molecule has 0 radical (unpaired) electrons. The van der Waals surface area contributed by atoms with Crippen LogP contribution in [0.15, 0.2) is 16.9 Å². The summed E-state index contributed by atoms with van der Waals surface area (Å²) in [5.41, 5.74) is 7.55. The molecule has 1 fully saturated rings. The number of nitrogens with one attached hydrogen (secondary N) is 1. The van der Waals surface area contributed by atoms with Gasteiger partial charge in [-0.1, -0.05) is 6.42 Å². The van der Waals surface area contributed by atoms with Crippen LogP contribution in [0.5, 0.6) is 0 Å². The van der Waals surface area contributed by atoms with Crippen molar-refractivity contribution in [3.8, 4) is 0 Å². The first-order chi connectivity index (χ1) is 7.77. The van der Waals surface area contributed by atoms with Crippen LogP contribution in [0, 0.1) is 0 Å². The number of halogens is 1. The highest BCUT2D eigenvalue weighted by Crippen LogP contribution is 2.29. The van der Waals surface area contributed by atoms with Gasteiger partial charge < -0.3 is 11.1 Å². The van der Waals surface area contributed by atoms with Crippen molar-refractivity contribution in [2.75, 3.05) is 23.3 Å². The van der Waals surface area contributed by atoms with Gasteiger partial charge in [-0.2, -0.15) is 11.8 Å². The van der Waals surface area contributed by atoms with Crippen molar-refractivity contribution in [1.29, 1.82) is 0 Å². The highest BCUT2D eigenvalue weighted by atomic mass is 79.9. The molecule has 0 amide bonds. The van der Waals surface area contributed by atoms with Gasteiger partial charge in [0.05, 0.1) is 22.0 Å². The number of aromatic nitrogens is 1. The maximum atomic E-state index is 5.88. The number of pyridine rings is 1. The van der Waals surface area contributed by atoms with Crippen LogP contribution in [0.1, 0.15) is 19.3 Å². The lowest BCUT2D eigenvalue weighted by atomic mass is 10.2. The van der Waals surface area contributed by atoms with E-state index in [0.717, 1.165) is 16.7 Å². The van der Waals surface area contributed by atoms with Crippen LogP contribution < -0.4 is 11.1 Å². The molecule has 0 aromatic carbocycles. The Balaban J connectivity index is 1.93. The summed E-state index contributed by atoms with van der Waals surface area (Å²) in [7, 11) is 0. The first-order valence-electron chi connectivity index (χ1n) is 5.52. The second kappa shape index (κ2) is 5.77. The van der Waals surface area contributed by atoms with E-state index in [-0.39, 0.29) is 0 Å². The molecule has 2 heterocycles. The summed E-state index contributed by atoms with van der Waals surface area (Å²) in [5.74, 6) is 1.29. The van der Waals surface area contributed by atoms with Gasteiger partial charge in [0.15, 0.2) is 0 Å². The first-order valence-corrected chi connectivity index (χ1v) is 7.36. The zero-order valence-corrected chi connectivity index (χ0v) is 11.5. The molecular formula is C11H16BrN3S. The summed E-state index contributed by atoms with van der Waals surface area (Å²) in [6.07, 6.45) is 7.47. The maximum absolute atomic E-state index is 5.88. The van der Waals surface area contributed by atoms with E-state index in [9.17, 15) is 0 Å². The summed E-state index contributed by atoms with van der Waals surface area (Å²) < 4.78 is 0.938. The Labute approximate surface area is 109 Å². The monoisotopic (exact) mass is 301 g/mol. The van der Waals surface area contributed by atoms with Crippen molar-refractivity contribution in [2.24, 2.45) is 0 Å². The van der Waals surface area contributed by atoms with Crippen molar-refractivity contribution in [2.45, 2.75) is 24.5 Å². The second-order valence-electron chi connectivity index (χ2n) is 3.96. The molecule has 2 rings (SSSR count). The van der Waals surface area contributed by atoms with Gasteiger partial charge >= 0.3 is 0 Å². The van der Waals surface area contributed by atoms with E-state index in [1.54, 1.807) is 12.4 Å². The molecule has 1 aliphatic rings. The molecule has 3 nitrogen and oxygen atoms in total.